The minimum absolute atomic E-state index is 0.116. The van der Waals surface area contributed by atoms with Crippen LogP contribution in [-0.4, -0.2) is 31.0 Å². The Balaban J connectivity index is 1.73. The second kappa shape index (κ2) is 9.46. The van der Waals surface area contributed by atoms with E-state index in [1.807, 2.05) is 13.0 Å². The monoisotopic (exact) mass is 500 g/mol. The molecule has 7 nitrogen and oxygen atoms in total. The SMILES string of the molecule is Cc1cc2cc(C(=O)N(Cc3ccc(C(F)(F)F)nn3)[C@H](C)c3ncccc3Cl)ccc2nc1N. The number of nitrogens with two attached hydrogens (primary N) is 1. The van der Waals surface area contributed by atoms with E-state index in [-0.39, 0.29) is 12.2 Å². The van der Waals surface area contributed by atoms with Gasteiger partial charge in [0.05, 0.1) is 34.5 Å². The first-order valence-electron chi connectivity index (χ1n) is 10.5. The molecular formula is C24H20ClF3N6O. The van der Waals surface area contributed by atoms with E-state index in [0.29, 0.717) is 27.6 Å². The predicted octanol–water partition coefficient (Wildman–Crippen LogP) is 5.39. The number of hydrogen-bond donors (Lipinski definition) is 1. The highest BCUT2D eigenvalue weighted by molar-refractivity contribution is 6.31. The molecule has 0 aliphatic carbocycles. The molecule has 2 N–H and O–H groups in total. The molecule has 11 heteroatoms. The van der Waals surface area contributed by atoms with E-state index in [2.05, 4.69) is 20.2 Å². The Morgan fingerprint density at radius 3 is 2.57 bits per heavy atom. The molecule has 0 saturated carbocycles. The molecule has 4 rings (SSSR count). The fraction of sp³-hybridized carbons (Fsp3) is 0.208. The zero-order chi connectivity index (χ0) is 25.3. The van der Waals surface area contributed by atoms with Gasteiger partial charge >= 0.3 is 6.18 Å². The van der Waals surface area contributed by atoms with Gasteiger partial charge in [0.25, 0.3) is 5.91 Å². The lowest BCUT2D eigenvalue weighted by Gasteiger charge is -2.29. The molecule has 4 aromatic rings. The molecule has 0 bridgehead atoms. The number of halogens is 4. The van der Waals surface area contributed by atoms with Gasteiger partial charge < -0.3 is 10.6 Å². The van der Waals surface area contributed by atoms with E-state index in [4.69, 9.17) is 17.3 Å². The standard InChI is InChI=1S/C24H20ClF3N6O/c1-13-10-16-11-15(5-7-19(16)31-22(13)29)23(35)34(14(2)21-18(25)4-3-9-30-21)12-17-6-8-20(33-32-17)24(26,27)28/h3-11,14H,12H2,1-2H3,(H2,29,31)/t14-/m1/s1. The van der Waals surface area contributed by atoms with Gasteiger partial charge in [0, 0.05) is 17.1 Å². The number of hydrogen-bond acceptors (Lipinski definition) is 6. The van der Waals surface area contributed by atoms with Crippen LogP contribution in [0.2, 0.25) is 5.02 Å². The van der Waals surface area contributed by atoms with Crippen LogP contribution in [0.25, 0.3) is 10.9 Å². The Bertz CT molecular complexity index is 1390. The van der Waals surface area contributed by atoms with Crippen LogP contribution in [0.5, 0.6) is 0 Å². The lowest BCUT2D eigenvalue weighted by molar-refractivity contribution is -0.141. The van der Waals surface area contributed by atoms with Crippen LogP contribution >= 0.6 is 11.6 Å². The molecule has 1 atom stereocenters. The van der Waals surface area contributed by atoms with Crippen molar-refractivity contribution >= 4 is 34.2 Å². The molecule has 0 aliphatic heterocycles. The van der Waals surface area contributed by atoms with Gasteiger partial charge in [-0.1, -0.05) is 11.6 Å². The number of pyridine rings is 2. The van der Waals surface area contributed by atoms with Crippen LogP contribution in [0.1, 0.15) is 46.0 Å². The molecule has 0 unspecified atom stereocenters. The Kier molecular flexibility index (Phi) is 6.58. The molecule has 1 aromatic carbocycles. The number of nitrogens with zero attached hydrogens (tertiary/aromatic N) is 5. The Hall–Kier alpha value is -3.79. The number of carbonyl (C=O) groups excluding carboxylic acids is 1. The molecule has 1 amide bonds. The third-order valence-electron chi connectivity index (χ3n) is 5.54. The summed E-state index contributed by atoms with van der Waals surface area (Å²) >= 11 is 6.32. The van der Waals surface area contributed by atoms with Crippen molar-refractivity contribution in [3.05, 3.63) is 88.0 Å². The maximum Gasteiger partial charge on any atom is 0.435 e. The number of aromatic nitrogens is 4. The van der Waals surface area contributed by atoms with Crippen molar-refractivity contribution in [2.24, 2.45) is 0 Å². The van der Waals surface area contributed by atoms with Gasteiger partial charge in [0.2, 0.25) is 0 Å². The number of carbonyl (C=O) groups is 1. The van der Waals surface area contributed by atoms with Gasteiger partial charge in [-0.25, -0.2) is 4.98 Å². The number of amides is 1. The summed E-state index contributed by atoms with van der Waals surface area (Å²) in [5, 5.41) is 8.03. The number of benzene rings is 1. The Morgan fingerprint density at radius 2 is 1.91 bits per heavy atom. The smallest absolute Gasteiger partial charge is 0.383 e. The first-order valence-corrected chi connectivity index (χ1v) is 10.9. The number of alkyl halides is 3. The molecular weight excluding hydrogens is 481 g/mol. The Labute approximate surface area is 203 Å². The van der Waals surface area contributed by atoms with Crippen molar-refractivity contribution in [1.29, 1.82) is 0 Å². The molecule has 0 aliphatic rings. The van der Waals surface area contributed by atoms with Crippen molar-refractivity contribution in [1.82, 2.24) is 25.1 Å². The summed E-state index contributed by atoms with van der Waals surface area (Å²) in [5.41, 5.74) is 7.14. The highest BCUT2D eigenvalue weighted by Crippen LogP contribution is 2.30. The van der Waals surface area contributed by atoms with E-state index in [9.17, 15) is 18.0 Å². The quantitative estimate of drug-likeness (QED) is 0.395. The fourth-order valence-corrected chi connectivity index (χ4v) is 3.88. The minimum Gasteiger partial charge on any atom is -0.383 e. The van der Waals surface area contributed by atoms with Gasteiger partial charge in [0.15, 0.2) is 5.69 Å². The second-order valence-corrected chi connectivity index (χ2v) is 8.39. The topological polar surface area (TPSA) is 97.9 Å². The number of rotatable bonds is 5. The van der Waals surface area contributed by atoms with Gasteiger partial charge in [0.1, 0.15) is 5.82 Å². The summed E-state index contributed by atoms with van der Waals surface area (Å²) in [7, 11) is 0. The largest absolute Gasteiger partial charge is 0.435 e. The lowest BCUT2D eigenvalue weighted by atomic mass is 10.1. The van der Waals surface area contributed by atoms with Crippen molar-refractivity contribution in [2.75, 3.05) is 5.73 Å². The predicted molar refractivity (Wildman–Crippen MR) is 125 cm³/mol. The summed E-state index contributed by atoms with van der Waals surface area (Å²) in [6.07, 6.45) is -3.07. The number of aryl methyl sites for hydroxylation is 1. The second-order valence-electron chi connectivity index (χ2n) is 7.99. The number of fused-ring (bicyclic) bond motifs is 1. The summed E-state index contributed by atoms with van der Waals surface area (Å²) in [6, 6.07) is 11.5. The van der Waals surface area contributed by atoms with Crippen molar-refractivity contribution in [3.63, 3.8) is 0 Å². The van der Waals surface area contributed by atoms with E-state index in [0.717, 1.165) is 17.0 Å². The van der Waals surface area contributed by atoms with Crippen molar-refractivity contribution in [2.45, 2.75) is 32.6 Å². The molecule has 35 heavy (non-hydrogen) atoms. The highest BCUT2D eigenvalue weighted by Gasteiger charge is 2.33. The molecule has 0 fully saturated rings. The molecule has 0 radical (unpaired) electrons. The number of nitrogen functional groups attached to an aromatic ring is 1. The van der Waals surface area contributed by atoms with Gasteiger partial charge in [-0.2, -0.15) is 18.3 Å². The van der Waals surface area contributed by atoms with E-state index in [1.165, 1.54) is 11.0 Å². The van der Waals surface area contributed by atoms with Gasteiger partial charge in [-0.3, -0.25) is 9.78 Å². The van der Waals surface area contributed by atoms with Crippen LogP contribution in [0.4, 0.5) is 19.0 Å². The average Bonchev–Trinajstić information content (AvgIpc) is 2.82. The summed E-state index contributed by atoms with van der Waals surface area (Å²) in [4.78, 5) is 23.7. The zero-order valence-corrected chi connectivity index (χ0v) is 19.5. The van der Waals surface area contributed by atoms with E-state index in [1.54, 1.807) is 43.5 Å². The first kappa shape index (κ1) is 24.3. The van der Waals surface area contributed by atoms with E-state index >= 15 is 0 Å². The summed E-state index contributed by atoms with van der Waals surface area (Å²) in [6.45, 7) is 3.43. The average molecular weight is 501 g/mol. The van der Waals surface area contributed by atoms with Crippen LogP contribution in [0, 0.1) is 6.92 Å². The normalized spacial score (nSPS) is 12.5. The molecule has 0 saturated heterocycles. The fourth-order valence-electron chi connectivity index (χ4n) is 3.60. The third-order valence-corrected chi connectivity index (χ3v) is 5.86. The summed E-state index contributed by atoms with van der Waals surface area (Å²) < 4.78 is 38.7. The lowest BCUT2D eigenvalue weighted by Crippen LogP contribution is -2.34. The molecule has 3 aromatic heterocycles. The first-order chi connectivity index (χ1) is 16.5. The van der Waals surface area contributed by atoms with Crippen LogP contribution in [0.3, 0.4) is 0 Å². The van der Waals surface area contributed by atoms with Gasteiger partial charge in [-0.05, 0) is 67.9 Å². The zero-order valence-electron chi connectivity index (χ0n) is 18.7. The van der Waals surface area contributed by atoms with Crippen molar-refractivity contribution < 1.29 is 18.0 Å². The number of anilines is 1. The van der Waals surface area contributed by atoms with Crippen molar-refractivity contribution in [3.8, 4) is 0 Å². The van der Waals surface area contributed by atoms with Gasteiger partial charge in [-0.15, -0.1) is 5.10 Å². The minimum atomic E-state index is -4.61. The molecule has 3 heterocycles. The third kappa shape index (κ3) is 5.17. The Morgan fingerprint density at radius 1 is 1.14 bits per heavy atom. The van der Waals surface area contributed by atoms with Crippen LogP contribution < -0.4 is 5.73 Å². The summed E-state index contributed by atoms with van der Waals surface area (Å²) in [5.74, 6) is 0.00907. The maximum absolute atomic E-state index is 13.7. The van der Waals surface area contributed by atoms with Crippen LogP contribution in [-0.2, 0) is 12.7 Å². The van der Waals surface area contributed by atoms with E-state index < -0.39 is 23.8 Å². The highest BCUT2D eigenvalue weighted by atomic mass is 35.5. The molecule has 0 spiro atoms. The van der Waals surface area contributed by atoms with Crippen LogP contribution in [0.15, 0.2) is 54.7 Å². The maximum atomic E-state index is 13.7. The molecule has 180 valence electrons.